The summed E-state index contributed by atoms with van der Waals surface area (Å²) in [5.74, 6) is 0.0804. The van der Waals surface area contributed by atoms with Crippen LogP contribution in [-0.4, -0.2) is 22.3 Å². The molecule has 1 atom stereocenters. The second kappa shape index (κ2) is 4.78. The number of aryl methyl sites for hydroxylation is 1. The van der Waals surface area contributed by atoms with Crippen LogP contribution >= 0.6 is 11.3 Å². The van der Waals surface area contributed by atoms with Gasteiger partial charge in [0.2, 0.25) is 0 Å². The van der Waals surface area contributed by atoms with Crippen LogP contribution in [0.25, 0.3) is 0 Å². The van der Waals surface area contributed by atoms with Gasteiger partial charge in [-0.15, -0.1) is 11.3 Å². The van der Waals surface area contributed by atoms with Gasteiger partial charge in [0.05, 0.1) is 11.6 Å². The molecule has 1 amide bonds. The summed E-state index contributed by atoms with van der Waals surface area (Å²) in [5, 5.41) is 2.11. The van der Waals surface area contributed by atoms with Gasteiger partial charge in [-0.2, -0.15) is 0 Å². The van der Waals surface area contributed by atoms with Crippen molar-refractivity contribution in [3.05, 3.63) is 51.5 Å². The lowest BCUT2D eigenvalue weighted by Gasteiger charge is -2.33. The number of carbonyl (C=O) groups is 1. The number of fused-ring (bicyclic) bond motifs is 1. The van der Waals surface area contributed by atoms with Crippen LogP contribution in [-0.2, 0) is 6.42 Å². The zero-order valence-electron chi connectivity index (χ0n) is 11.1. The minimum atomic E-state index is 0.0804. The highest BCUT2D eigenvalue weighted by atomic mass is 32.1. The lowest BCUT2D eigenvalue weighted by molar-refractivity contribution is 0.0679. The first-order valence-electron chi connectivity index (χ1n) is 6.46. The van der Waals surface area contributed by atoms with Crippen LogP contribution < -0.4 is 0 Å². The second-order valence-electron chi connectivity index (χ2n) is 4.91. The summed E-state index contributed by atoms with van der Waals surface area (Å²) in [6, 6.07) is 6.04. The first kappa shape index (κ1) is 12.4. The normalized spacial score (nSPS) is 18.2. The number of hydrogen-bond acceptors (Lipinski definition) is 3. The van der Waals surface area contributed by atoms with Crippen LogP contribution in [0.4, 0.5) is 0 Å². The van der Waals surface area contributed by atoms with E-state index in [9.17, 15) is 4.79 Å². The van der Waals surface area contributed by atoms with Crippen molar-refractivity contribution < 1.29 is 4.79 Å². The minimum absolute atomic E-state index is 0.0804. The van der Waals surface area contributed by atoms with Crippen molar-refractivity contribution >= 4 is 17.2 Å². The Morgan fingerprint density at radius 2 is 2.26 bits per heavy atom. The molecule has 0 spiro atoms. The molecule has 1 aliphatic rings. The highest BCUT2D eigenvalue weighted by Gasteiger charge is 2.28. The molecule has 0 radical (unpaired) electrons. The van der Waals surface area contributed by atoms with E-state index in [-0.39, 0.29) is 11.9 Å². The van der Waals surface area contributed by atoms with Crippen LogP contribution in [0, 0.1) is 6.92 Å². The summed E-state index contributed by atoms with van der Waals surface area (Å²) >= 11 is 1.79. The van der Waals surface area contributed by atoms with Gasteiger partial charge in [-0.05, 0) is 49.4 Å². The predicted molar refractivity (Wildman–Crippen MR) is 76.4 cm³/mol. The topological polar surface area (TPSA) is 33.2 Å². The third-order valence-electron chi connectivity index (χ3n) is 3.70. The fourth-order valence-corrected chi connectivity index (χ4v) is 3.51. The van der Waals surface area contributed by atoms with Gasteiger partial charge in [-0.3, -0.25) is 9.78 Å². The standard InChI is InChI=1S/C15H16N2OS/c1-10-3-4-12(9-16-10)15(18)17-7-5-14-13(11(17)2)6-8-19-14/h3-4,6,8-9,11H,5,7H2,1-2H3. The van der Waals surface area contributed by atoms with Gasteiger partial charge in [-0.1, -0.05) is 0 Å². The number of pyridine rings is 1. The number of aromatic nitrogens is 1. The van der Waals surface area contributed by atoms with Gasteiger partial charge in [0, 0.05) is 23.3 Å². The average molecular weight is 272 g/mol. The largest absolute Gasteiger partial charge is 0.331 e. The van der Waals surface area contributed by atoms with Gasteiger partial charge in [0.1, 0.15) is 0 Å². The number of rotatable bonds is 1. The Hall–Kier alpha value is -1.68. The summed E-state index contributed by atoms with van der Waals surface area (Å²) in [6.07, 6.45) is 2.63. The maximum Gasteiger partial charge on any atom is 0.255 e. The van der Waals surface area contributed by atoms with Crippen LogP contribution in [0.1, 0.15) is 39.5 Å². The Morgan fingerprint density at radius 3 is 3.00 bits per heavy atom. The molecule has 0 aliphatic carbocycles. The molecule has 2 aromatic heterocycles. The van der Waals surface area contributed by atoms with Crippen molar-refractivity contribution in [3.8, 4) is 0 Å². The fourth-order valence-electron chi connectivity index (χ4n) is 2.55. The van der Waals surface area contributed by atoms with E-state index in [1.165, 1.54) is 10.4 Å². The van der Waals surface area contributed by atoms with Gasteiger partial charge in [0.15, 0.2) is 0 Å². The summed E-state index contributed by atoms with van der Waals surface area (Å²) in [6.45, 7) is 4.82. The molecule has 0 saturated carbocycles. The van der Waals surface area contributed by atoms with Crippen molar-refractivity contribution in [1.82, 2.24) is 9.88 Å². The molecule has 3 rings (SSSR count). The van der Waals surface area contributed by atoms with E-state index in [1.54, 1.807) is 17.5 Å². The molecule has 0 saturated heterocycles. The van der Waals surface area contributed by atoms with Crippen LogP contribution in [0.15, 0.2) is 29.8 Å². The minimum Gasteiger partial charge on any atom is -0.331 e. The van der Waals surface area contributed by atoms with E-state index in [4.69, 9.17) is 0 Å². The number of hydrogen-bond donors (Lipinski definition) is 0. The lowest BCUT2D eigenvalue weighted by Crippen LogP contribution is -2.38. The van der Waals surface area contributed by atoms with Gasteiger partial charge >= 0.3 is 0 Å². The Balaban J connectivity index is 1.87. The van der Waals surface area contributed by atoms with Crippen molar-refractivity contribution in [1.29, 1.82) is 0 Å². The molecule has 0 N–H and O–H groups in total. The molecular weight excluding hydrogens is 256 g/mol. The number of nitrogens with zero attached hydrogens (tertiary/aromatic N) is 2. The van der Waals surface area contributed by atoms with Crippen LogP contribution in [0.5, 0.6) is 0 Å². The monoisotopic (exact) mass is 272 g/mol. The molecule has 0 fully saturated rings. The summed E-state index contributed by atoms with van der Waals surface area (Å²) < 4.78 is 0. The molecule has 98 valence electrons. The number of thiophene rings is 1. The molecule has 3 nitrogen and oxygen atoms in total. The van der Waals surface area contributed by atoms with Crippen molar-refractivity contribution in [2.75, 3.05) is 6.54 Å². The molecule has 4 heteroatoms. The molecular formula is C15H16N2OS. The SMILES string of the molecule is Cc1ccc(C(=O)N2CCc3sccc3C2C)cn1. The molecule has 0 bridgehead atoms. The molecule has 1 aliphatic heterocycles. The smallest absolute Gasteiger partial charge is 0.255 e. The first-order valence-corrected chi connectivity index (χ1v) is 7.34. The Kier molecular flexibility index (Phi) is 3.11. The fraction of sp³-hybridized carbons (Fsp3) is 0.333. The zero-order chi connectivity index (χ0) is 13.4. The van der Waals surface area contributed by atoms with Crippen molar-refractivity contribution in [2.24, 2.45) is 0 Å². The van der Waals surface area contributed by atoms with Crippen LogP contribution in [0.3, 0.4) is 0 Å². The van der Waals surface area contributed by atoms with E-state index >= 15 is 0 Å². The zero-order valence-corrected chi connectivity index (χ0v) is 11.9. The van der Waals surface area contributed by atoms with Gasteiger partial charge < -0.3 is 4.90 Å². The average Bonchev–Trinajstić information content (AvgIpc) is 2.88. The van der Waals surface area contributed by atoms with Gasteiger partial charge in [-0.25, -0.2) is 0 Å². The van der Waals surface area contributed by atoms with Crippen LogP contribution in [0.2, 0.25) is 0 Å². The Bertz CT molecular complexity index is 603. The molecule has 1 unspecified atom stereocenters. The molecule has 19 heavy (non-hydrogen) atoms. The maximum atomic E-state index is 12.5. The Morgan fingerprint density at radius 1 is 1.42 bits per heavy atom. The third kappa shape index (κ3) is 2.16. The summed E-state index contributed by atoms with van der Waals surface area (Å²) in [5.41, 5.74) is 2.91. The summed E-state index contributed by atoms with van der Waals surface area (Å²) in [4.78, 5) is 20.1. The highest BCUT2D eigenvalue weighted by Crippen LogP contribution is 2.33. The highest BCUT2D eigenvalue weighted by molar-refractivity contribution is 7.10. The third-order valence-corrected chi connectivity index (χ3v) is 4.69. The van der Waals surface area contributed by atoms with Crippen molar-refractivity contribution in [3.63, 3.8) is 0 Å². The maximum absolute atomic E-state index is 12.5. The number of carbonyl (C=O) groups excluding carboxylic acids is 1. The molecule has 3 heterocycles. The van der Waals surface area contributed by atoms with Crippen molar-refractivity contribution in [2.45, 2.75) is 26.3 Å². The number of amides is 1. The molecule has 0 aromatic carbocycles. The molecule has 2 aromatic rings. The van der Waals surface area contributed by atoms with Gasteiger partial charge in [0.25, 0.3) is 5.91 Å². The second-order valence-corrected chi connectivity index (χ2v) is 5.91. The van der Waals surface area contributed by atoms with E-state index < -0.39 is 0 Å². The Labute approximate surface area is 116 Å². The van der Waals surface area contributed by atoms with E-state index in [0.29, 0.717) is 5.56 Å². The van der Waals surface area contributed by atoms with E-state index in [1.807, 2.05) is 24.0 Å². The lowest BCUT2D eigenvalue weighted by atomic mass is 10.0. The van der Waals surface area contributed by atoms with E-state index in [0.717, 1.165) is 18.7 Å². The van der Waals surface area contributed by atoms with E-state index in [2.05, 4.69) is 23.4 Å². The summed E-state index contributed by atoms with van der Waals surface area (Å²) in [7, 11) is 0. The first-order chi connectivity index (χ1) is 9.16. The predicted octanol–water partition coefficient (Wildman–Crippen LogP) is 3.21. The quantitative estimate of drug-likeness (QED) is 0.798.